The lowest BCUT2D eigenvalue weighted by Crippen LogP contribution is -2.39. The molecular weight excluding hydrogens is 232 g/mol. The highest BCUT2D eigenvalue weighted by Crippen LogP contribution is 2.35. The summed E-state index contributed by atoms with van der Waals surface area (Å²) in [5.41, 5.74) is 8.94. The minimum Gasteiger partial charge on any atom is -0.371 e. The number of anilines is 1. The summed E-state index contributed by atoms with van der Waals surface area (Å²) in [4.78, 5) is 2.63. The molecule has 2 nitrogen and oxygen atoms in total. The summed E-state index contributed by atoms with van der Waals surface area (Å²) in [6.07, 6.45) is 5.32. The fraction of sp³-hybridized carbons (Fsp3) is 0.647. The summed E-state index contributed by atoms with van der Waals surface area (Å²) in [5.74, 6) is 2.33. The lowest BCUT2D eigenvalue weighted by molar-refractivity contribution is 0.381. The average Bonchev–Trinajstić information content (AvgIpc) is 2.86. The van der Waals surface area contributed by atoms with Gasteiger partial charge in [0, 0.05) is 18.8 Å². The van der Waals surface area contributed by atoms with Crippen LogP contribution in [0.25, 0.3) is 0 Å². The zero-order valence-corrected chi connectivity index (χ0v) is 12.0. The molecule has 3 unspecified atom stereocenters. The lowest BCUT2D eigenvalue weighted by Gasteiger charge is -2.37. The number of nitrogens with zero attached hydrogens (tertiary/aromatic N) is 1. The summed E-state index contributed by atoms with van der Waals surface area (Å²) in [7, 11) is 0. The summed E-state index contributed by atoms with van der Waals surface area (Å²) in [5, 5.41) is 0. The van der Waals surface area contributed by atoms with E-state index in [1.165, 1.54) is 50.0 Å². The van der Waals surface area contributed by atoms with Crippen molar-refractivity contribution in [3.8, 4) is 0 Å². The van der Waals surface area contributed by atoms with Gasteiger partial charge >= 0.3 is 0 Å². The number of nitrogens with two attached hydrogens (primary N) is 1. The van der Waals surface area contributed by atoms with Gasteiger partial charge in [0.1, 0.15) is 0 Å². The van der Waals surface area contributed by atoms with Crippen molar-refractivity contribution in [2.45, 2.75) is 32.6 Å². The van der Waals surface area contributed by atoms with Gasteiger partial charge in [-0.25, -0.2) is 0 Å². The Hall–Kier alpha value is -1.02. The molecule has 104 valence electrons. The molecule has 1 aliphatic heterocycles. The third-order valence-corrected chi connectivity index (χ3v) is 5.01. The van der Waals surface area contributed by atoms with Crippen LogP contribution in [-0.2, 0) is 6.42 Å². The summed E-state index contributed by atoms with van der Waals surface area (Å²) < 4.78 is 0. The molecule has 1 saturated carbocycles. The van der Waals surface area contributed by atoms with Crippen molar-refractivity contribution in [1.29, 1.82) is 0 Å². The summed E-state index contributed by atoms with van der Waals surface area (Å²) >= 11 is 0. The Labute approximate surface area is 117 Å². The van der Waals surface area contributed by atoms with E-state index in [0.717, 1.165) is 24.3 Å². The van der Waals surface area contributed by atoms with Crippen LogP contribution < -0.4 is 10.6 Å². The van der Waals surface area contributed by atoms with Crippen molar-refractivity contribution in [3.63, 3.8) is 0 Å². The van der Waals surface area contributed by atoms with E-state index in [1.54, 1.807) is 0 Å². The number of hydrogen-bond donors (Lipinski definition) is 1. The van der Waals surface area contributed by atoms with Gasteiger partial charge in [0.25, 0.3) is 0 Å². The van der Waals surface area contributed by atoms with Gasteiger partial charge in [-0.05, 0) is 55.2 Å². The van der Waals surface area contributed by atoms with Crippen LogP contribution in [0.4, 0.5) is 5.69 Å². The zero-order chi connectivity index (χ0) is 13.2. The van der Waals surface area contributed by atoms with Gasteiger partial charge in [0.15, 0.2) is 0 Å². The number of rotatable bonds is 3. The SMILES string of the molecule is CC1Cc2ccccc2N(CC2CCCC2CN)C1. The highest BCUT2D eigenvalue weighted by Gasteiger charge is 2.30. The van der Waals surface area contributed by atoms with Crippen LogP contribution in [0.15, 0.2) is 24.3 Å². The van der Waals surface area contributed by atoms with E-state index in [1.807, 2.05) is 0 Å². The van der Waals surface area contributed by atoms with Crippen molar-refractivity contribution >= 4 is 5.69 Å². The normalized spacial score (nSPS) is 30.4. The smallest absolute Gasteiger partial charge is 0.0399 e. The highest BCUT2D eigenvalue weighted by molar-refractivity contribution is 5.55. The van der Waals surface area contributed by atoms with Crippen molar-refractivity contribution in [3.05, 3.63) is 29.8 Å². The Morgan fingerprint density at radius 2 is 2.00 bits per heavy atom. The van der Waals surface area contributed by atoms with Crippen LogP contribution in [0.3, 0.4) is 0 Å². The van der Waals surface area contributed by atoms with Crippen LogP contribution >= 0.6 is 0 Å². The molecule has 3 atom stereocenters. The zero-order valence-electron chi connectivity index (χ0n) is 12.0. The Morgan fingerprint density at radius 3 is 2.84 bits per heavy atom. The number of fused-ring (bicyclic) bond motifs is 1. The molecule has 19 heavy (non-hydrogen) atoms. The van der Waals surface area contributed by atoms with E-state index in [4.69, 9.17) is 5.73 Å². The first-order valence-electron chi connectivity index (χ1n) is 7.81. The van der Waals surface area contributed by atoms with Gasteiger partial charge in [0.05, 0.1) is 0 Å². The topological polar surface area (TPSA) is 29.3 Å². The van der Waals surface area contributed by atoms with Crippen molar-refractivity contribution in [1.82, 2.24) is 0 Å². The predicted octanol–water partition coefficient (Wildman–Crippen LogP) is 3.06. The van der Waals surface area contributed by atoms with Gasteiger partial charge in [-0.3, -0.25) is 0 Å². The van der Waals surface area contributed by atoms with Gasteiger partial charge in [-0.1, -0.05) is 31.5 Å². The minimum atomic E-state index is 0.754. The molecular formula is C17H26N2. The van der Waals surface area contributed by atoms with Gasteiger partial charge in [-0.15, -0.1) is 0 Å². The fourth-order valence-corrected chi connectivity index (χ4v) is 4.03. The third-order valence-electron chi connectivity index (χ3n) is 5.01. The van der Waals surface area contributed by atoms with E-state index in [2.05, 4.69) is 36.1 Å². The molecule has 0 amide bonds. The van der Waals surface area contributed by atoms with E-state index in [0.29, 0.717) is 0 Å². The minimum absolute atomic E-state index is 0.754. The van der Waals surface area contributed by atoms with Crippen LogP contribution in [0.1, 0.15) is 31.7 Å². The second kappa shape index (κ2) is 5.54. The first-order valence-corrected chi connectivity index (χ1v) is 7.81. The number of para-hydroxylation sites is 1. The van der Waals surface area contributed by atoms with E-state index in [-0.39, 0.29) is 0 Å². The molecule has 0 bridgehead atoms. The molecule has 0 saturated heterocycles. The second-order valence-corrected chi connectivity index (χ2v) is 6.53. The quantitative estimate of drug-likeness (QED) is 0.903. The first-order chi connectivity index (χ1) is 9.28. The predicted molar refractivity (Wildman–Crippen MR) is 81.4 cm³/mol. The lowest BCUT2D eigenvalue weighted by atomic mass is 9.90. The molecule has 0 spiro atoms. The Balaban J connectivity index is 1.77. The molecule has 1 aromatic rings. The van der Waals surface area contributed by atoms with Crippen molar-refractivity contribution < 1.29 is 0 Å². The standard InChI is InChI=1S/C17H26N2/c1-13-9-14-5-2-3-8-17(14)19(11-13)12-16-7-4-6-15(16)10-18/h2-3,5,8,13,15-16H,4,6-7,9-12,18H2,1H3. The van der Waals surface area contributed by atoms with E-state index < -0.39 is 0 Å². The third kappa shape index (κ3) is 2.64. The fourth-order valence-electron chi connectivity index (χ4n) is 4.03. The maximum atomic E-state index is 5.93. The van der Waals surface area contributed by atoms with Crippen LogP contribution in [-0.4, -0.2) is 19.6 Å². The van der Waals surface area contributed by atoms with Crippen molar-refractivity contribution in [2.75, 3.05) is 24.5 Å². The number of hydrogen-bond acceptors (Lipinski definition) is 2. The highest BCUT2D eigenvalue weighted by atomic mass is 15.1. The van der Waals surface area contributed by atoms with Crippen LogP contribution in [0.2, 0.25) is 0 Å². The second-order valence-electron chi connectivity index (χ2n) is 6.53. The van der Waals surface area contributed by atoms with E-state index >= 15 is 0 Å². The molecule has 1 aliphatic carbocycles. The van der Waals surface area contributed by atoms with Crippen molar-refractivity contribution in [2.24, 2.45) is 23.5 Å². The molecule has 2 heteroatoms. The monoisotopic (exact) mass is 258 g/mol. The number of benzene rings is 1. The van der Waals surface area contributed by atoms with E-state index in [9.17, 15) is 0 Å². The molecule has 1 aromatic carbocycles. The molecule has 2 N–H and O–H groups in total. The Kier molecular flexibility index (Phi) is 3.79. The van der Waals surface area contributed by atoms with Gasteiger partial charge in [-0.2, -0.15) is 0 Å². The molecule has 1 fully saturated rings. The summed E-state index contributed by atoms with van der Waals surface area (Å²) in [6, 6.07) is 8.95. The average molecular weight is 258 g/mol. The first kappa shape index (κ1) is 13.0. The molecule has 2 aliphatic rings. The van der Waals surface area contributed by atoms with Crippen LogP contribution in [0.5, 0.6) is 0 Å². The molecule has 1 heterocycles. The Morgan fingerprint density at radius 1 is 1.21 bits per heavy atom. The van der Waals surface area contributed by atoms with Gasteiger partial charge < -0.3 is 10.6 Å². The maximum Gasteiger partial charge on any atom is 0.0399 e. The maximum absolute atomic E-state index is 5.93. The Bertz CT molecular complexity index is 429. The van der Waals surface area contributed by atoms with Gasteiger partial charge in [0.2, 0.25) is 0 Å². The molecule has 0 radical (unpaired) electrons. The van der Waals surface area contributed by atoms with Crippen LogP contribution in [0, 0.1) is 17.8 Å². The largest absolute Gasteiger partial charge is 0.371 e. The molecule has 0 aromatic heterocycles. The summed E-state index contributed by atoms with van der Waals surface area (Å²) in [6.45, 7) is 5.67. The molecule has 3 rings (SSSR count).